The summed E-state index contributed by atoms with van der Waals surface area (Å²) in [6, 6.07) is 2.99. The SMILES string of the molecule is CCOc1ccc(CCCN)c(F)c1F. The number of ether oxygens (including phenoxy) is 1. The summed E-state index contributed by atoms with van der Waals surface area (Å²) in [5.41, 5.74) is 5.65. The molecule has 84 valence electrons. The van der Waals surface area contributed by atoms with E-state index in [1.54, 1.807) is 13.0 Å². The van der Waals surface area contributed by atoms with E-state index >= 15 is 0 Å². The standard InChI is InChI=1S/C11H15F2NO/c1-2-15-9-6-5-8(4-3-7-14)10(12)11(9)13/h5-6H,2-4,7,14H2,1H3. The van der Waals surface area contributed by atoms with E-state index in [4.69, 9.17) is 10.5 Å². The number of aryl methyl sites for hydroxylation is 1. The second kappa shape index (κ2) is 5.66. The second-order valence-electron chi connectivity index (χ2n) is 3.18. The Balaban J connectivity index is 2.88. The molecule has 0 unspecified atom stereocenters. The minimum absolute atomic E-state index is 0.0356. The van der Waals surface area contributed by atoms with Gasteiger partial charge in [0.2, 0.25) is 5.82 Å². The maximum atomic E-state index is 13.4. The summed E-state index contributed by atoms with van der Waals surface area (Å²) in [5, 5.41) is 0. The fraction of sp³-hybridized carbons (Fsp3) is 0.455. The van der Waals surface area contributed by atoms with Crippen LogP contribution in [0.2, 0.25) is 0 Å². The number of benzene rings is 1. The van der Waals surface area contributed by atoms with Crippen LogP contribution in [0.3, 0.4) is 0 Å². The van der Waals surface area contributed by atoms with Crippen LogP contribution in [0.4, 0.5) is 8.78 Å². The lowest BCUT2D eigenvalue weighted by molar-refractivity contribution is 0.313. The molecule has 0 aromatic heterocycles. The third-order valence-electron chi connectivity index (χ3n) is 2.08. The maximum Gasteiger partial charge on any atom is 0.200 e. The van der Waals surface area contributed by atoms with Crippen molar-refractivity contribution in [3.8, 4) is 5.75 Å². The third kappa shape index (κ3) is 2.89. The summed E-state index contributed by atoms with van der Waals surface area (Å²) in [7, 11) is 0. The van der Waals surface area contributed by atoms with E-state index in [1.807, 2.05) is 0 Å². The molecule has 0 aliphatic rings. The number of nitrogens with two attached hydrogens (primary N) is 1. The molecule has 4 heteroatoms. The van der Waals surface area contributed by atoms with Gasteiger partial charge >= 0.3 is 0 Å². The molecular formula is C11H15F2NO. The highest BCUT2D eigenvalue weighted by Crippen LogP contribution is 2.23. The predicted octanol–water partition coefficient (Wildman–Crippen LogP) is 2.25. The van der Waals surface area contributed by atoms with Gasteiger partial charge in [0, 0.05) is 0 Å². The lowest BCUT2D eigenvalue weighted by atomic mass is 10.1. The highest BCUT2D eigenvalue weighted by atomic mass is 19.2. The van der Waals surface area contributed by atoms with E-state index in [1.165, 1.54) is 6.07 Å². The first-order valence-electron chi connectivity index (χ1n) is 5.00. The summed E-state index contributed by atoms with van der Waals surface area (Å²) in [5.74, 6) is -1.77. The minimum Gasteiger partial charge on any atom is -0.491 e. The number of hydrogen-bond acceptors (Lipinski definition) is 2. The van der Waals surface area contributed by atoms with Gasteiger partial charge in [-0.3, -0.25) is 0 Å². The Kier molecular flexibility index (Phi) is 4.49. The normalized spacial score (nSPS) is 10.4. The zero-order chi connectivity index (χ0) is 11.3. The zero-order valence-corrected chi connectivity index (χ0v) is 8.72. The molecule has 0 spiro atoms. The molecular weight excluding hydrogens is 200 g/mol. The van der Waals surface area contributed by atoms with E-state index in [9.17, 15) is 8.78 Å². The number of rotatable bonds is 5. The van der Waals surface area contributed by atoms with Gasteiger partial charge in [-0.1, -0.05) is 6.07 Å². The average Bonchev–Trinajstić information content (AvgIpc) is 2.24. The lowest BCUT2D eigenvalue weighted by Crippen LogP contribution is -2.04. The van der Waals surface area contributed by atoms with Crippen LogP contribution in [0.15, 0.2) is 12.1 Å². The molecule has 0 amide bonds. The Morgan fingerprint density at radius 3 is 2.60 bits per heavy atom. The molecule has 0 radical (unpaired) electrons. The Morgan fingerprint density at radius 2 is 2.00 bits per heavy atom. The summed E-state index contributed by atoms with van der Waals surface area (Å²) in [6.45, 7) is 2.51. The van der Waals surface area contributed by atoms with Gasteiger partial charge in [-0.2, -0.15) is 4.39 Å². The van der Waals surface area contributed by atoms with Gasteiger partial charge in [0.1, 0.15) is 0 Å². The first-order chi connectivity index (χ1) is 7.20. The van der Waals surface area contributed by atoms with Gasteiger partial charge in [-0.25, -0.2) is 4.39 Å². The first-order valence-corrected chi connectivity index (χ1v) is 5.00. The van der Waals surface area contributed by atoms with Crippen LogP contribution in [0.5, 0.6) is 5.75 Å². The van der Waals surface area contributed by atoms with Crippen LogP contribution in [-0.2, 0) is 6.42 Å². The van der Waals surface area contributed by atoms with Crippen LogP contribution in [0.1, 0.15) is 18.9 Å². The minimum atomic E-state index is -0.911. The maximum absolute atomic E-state index is 13.4. The van der Waals surface area contributed by atoms with Crippen LogP contribution in [0, 0.1) is 11.6 Å². The highest BCUT2D eigenvalue weighted by Gasteiger charge is 2.13. The van der Waals surface area contributed by atoms with Crippen molar-refractivity contribution in [2.75, 3.05) is 13.2 Å². The number of halogens is 2. The Hall–Kier alpha value is -1.16. The molecule has 0 aliphatic heterocycles. The topological polar surface area (TPSA) is 35.2 Å². The smallest absolute Gasteiger partial charge is 0.200 e. The molecule has 0 aliphatic carbocycles. The fourth-order valence-electron chi connectivity index (χ4n) is 1.32. The van der Waals surface area contributed by atoms with E-state index in [0.717, 1.165) is 0 Å². The first kappa shape index (κ1) is 11.9. The molecule has 1 aromatic rings. The molecule has 1 aromatic carbocycles. The summed E-state index contributed by atoms with van der Waals surface area (Å²) in [4.78, 5) is 0. The highest BCUT2D eigenvalue weighted by molar-refractivity contribution is 5.31. The Morgan fingerprint density at radius 1 is 1.27 bits per heavy atom. The molecule has 0 atom stereocenters. The van der Waals surface area contributed by atoms with Crippen LogP contribution < -0.4 is 10.5 Å². The fourth-order valence-corrected chi connectivity index (χ4v) is 1.32. The molecule has 0 saturated heterocycles. The lowest BCUT2D eigenvalue weighted by Gasteiger charge is -2.08. The van der Waals surface area contributed by atoms with Crippen molar-refractivity contribution in [2.45, 2.75) is 19.8 Å². The van der Waals surface area contributed by atoms with Crippen molar-refractivity contribution in [3.05, 3.63) is 29.3 Å². The van der Waals surface area contributed by atoms with Crippen molar-refractivity contribution in [1.82, 2.24) is 0 Å². The summed E-state index contributed by atoms with van der Waals surface area (Å²) in [6.07, 6.45) is 1.09. The average molecular weight is 215 g/mol. The largest absolute Gasteiger partial charge is 0.491 e. The molecule has 0 bridgehead atoms. The summed E-state index contributed by atoms with van der Waals surface area (Å²) >= 11 is 0. The van der Waals surface area contributed by atoms with Gasteiger partial charge in [0.15, 0.2) is 11.6 Å². The second-order valence-corrected chi connectivity index (χ2v) is 3.18. The van der Waals surface area contributed by atoms with E-state index < -0.39 is 11.6 Å². The van der Waals surface area contributed by atoms with Crippen molar-refractivity contribution >= 4 is 0 Å². The van der Waals surface area contributed by atoms with Crippen molar-refractivity contribution in [1.29, 1.82) is 0 Å². The molecule has 2 N–H and O–H groups in total. The quantitative estimate of drug-likeness (QED) is 0.817. The van der Waals surface area contributed by atoms with Gasteiger partial charge in [0.25, 0.3) is 0 Å². The van der Waals surface area contributed by atoms with Gasteiger partial charge in [0.05, 0.1) is 6.61 Å². The Bertz CT molecular complexity index is 329. The van der Waals surface area contributed by atoms with E-state index in [-0.39, 0.29) is 5.75 Å². The van der Waals surface area contributed by atoms with Crippen LogP contribution >= 0.6 is 0 Å². The van der Waals surface area contributed by atoms with Crippen LogP contribution in [0.25, 0.3) is 0 Å². The number of hydrogen-bond donors (Lipinski definition) is 1. The molecule has 0 saturated carbocycles. The van der Waals surface area contributed by atoms with Gasteiger partial charge < -0.3 is 10.5 Å². The molecule has 1 rings (SSSR count). The van der Waals surface area contributed by atoms with E-state index in [0.29, 0.717) is 31.6 Å². The molecule has 15 heavy (non-hydrogen) atoms. The molecule has 2 nitrogen and oxygen atoms in total. The van der Waals surface area contributed by atoms with Gasteiger partial charge in [-0.15, -0.1) is 0 Å². The third-order valence-corrected chi connectivity index (χ3v) is 2.08. The van der Waals surface area contributed by atoms with Crippen molar-refractivity contribution < 1.29 is 13.5 Å². The zero-order valence-electron chi connectivity index (χ0n) is 8.72. The van der Waals surface area contributed by atoms with Crippen molar-refractivity contribution in [3.63, 3.8) is 0 Å². The van der Waals surface area contributed by atoms with Gasteiger partial charge in [-0.05, 0) is 37.9 Å². The molecule has 0 fully saturated rings. The Labute approximate surface area is 88.0 Å². The monoisotopic (exact) mass is 215 g/mol. The van der Waals surface area contributed by atoms with E-state index in [2.05, 4.69) is 0 Å². The molecule has 0 heterocycles. The van der Waals surface area contributed by atoms with Crippen molar-refractivity contribution in [2.24, 2.45) is 5.73 Å². The predicted molar refractivity (Wildman–Crippen MR) is 54.9 cm³/mol. The van der Waals surface area contributed by atoms with Crippen LogP contribution in [-0.4, -0.2) is 13.2 Å². The summed E-state index contributed by atoms with van der Waals surface area (Å²) < 4.78 is 31.7.